The third kappa shape index (κ3) is 4.55. The Morgan fingerprint density at radius 2 is 1.96 bits per heavy atom. The number of halogens is 1. The molecule has 2 aromatic rings. The Balaban J connectivity index is 2.17. The Morgan fingerprint density at radius 1 is 1.21 bits per heavy atom. The SMILES string of the molecule is CCC(C)NC(=O)c1cc(C(=O)Nc2cc(Cl)ccc2C)ccn1. The number of aryl methyl sites for hydroxylation is 1. The van der Waals surface area contributed by atoms with Crippen molar-refractivity contribution in [1.29, 1.82) is 0 Å². The van der Waals surface area contributed by atoms with E-state index in [0.29, 0.717) is 16.3 Å². The number of benzene rings is 1. The Morgan fingerprint density at radius 3 is 2.67 bits per heavy atom. The predicted octanol–water partition coefficient (Wildman–Crippen LogP) is 3.82. The Hall–Kier alpha value is -2.40. The zero-order valence-electron chi connectivity index (χ0n) is 13.9. The van der Waals surface area contributed by atoms with Crippen LogP contribution in [0.3, 0.4) is 0 Å². The number of carbonyl (C=O) groups excluding carboxylic acids is 2. The molecule has 1 heterocycles. The lowest BCUT2D eigenvalue weighted by atomic mass is 10.1. The maximum Gasteiger partial charge on any atom is 0.270 e. The summed E-state index contributed by atoms with van der Waals surface area (Å²) in [5, 5.41) is 6.17. The van der Waals surface area contributed by atoms with Crippen molar-refractivity contribution in [2.45, 2.75) is 33.2 Å². The standard InChI is InChI=1S/C18H20ClN3O2/c1-4-12(3)21-18(24)16-9-13(7-8-20-16)17(23)22-15-10-14(19)6-5-11(15)2/h5-10,12H,4H2,1-3H3,(H,21,24)(H,22,23). The molecule has 0 fully saturated rings. The van der Waals surface area contributed by atoms with Crippen LogP contribution in [0.2, 0.25) is 5.02 Å². The van der Waals surface area contributed by atoms with Crippen LogP contribution in [0.1, 0.15) is 46.7 Å². The molecule has 1 aromatic heterocycles. The highest BCUT2D eigenvalue weighted by molar-refractivity contribution is 6.31. The van der Waals surface area contributed by atoms with Crippen LogP contribution in [0.4, 0.5) is 5.69 Å². The Bertz CT molecular complexity index is 762. The second-order valence-electron chi connectivity index (χ2n) is 5.63. The van der Waals surface area contributed by atoms with Gasteiger partial charge in [-0.2, -0.15) is 0 Å². The number of hydrogen-bond acceptors (Lipinski definition) is 3. The summed E-state index contributed by atoms with van der Waals surface area (Å²) in [6.45, 7) is 5.77. The fourth-order valence-electron chi connectivity index (χ4n) is 2.02. The fraction of sp³-hybridized carbons (Fsp3) is 0.278. The molecule has 2 rings (SSSR count). The molecule has 0 aliphatic carbocycles. The molecule has 5 nitrogen and oxygen atoms in total. The highest BCUT2D eigenvalue weighted by atomic mass is 35.5. The molecule has 0 saturated carbocycles. The lowest BCUT2D eigenvalue weighted by molar-refractivity contribution is 0.0934. The van der Waals surface area contributed by atoms with E-state index in [9.17, 15) is 9.59 Å². The van der Waals surface area contributed by atoms with Crippen LogP contribution < -0.4 is 10.6 Å². The van der Waals surface area contributed by atoms with E-state index in [1.165, 1.54) is 12.3 Å². The van der Waals surface area contributed by atoms with Crippen LogP contribution in [0, 0.1) is 6.92 Å². The number of hydrogen-bond donors (Lipinski definition) is 2. The number of nitrogens with zero attached hydrogens (tertiary/aromatic N) is 1. The average Bonchev–Trinajstić information content (AvgIpc) is 2.58. The summed E-state index contributed by atoms with van der Waals surface area (Å²) in [7, 11) is 0. The first-order valence-electron chi connectivity index (χ1n) is 7.75. The van der Waals surface area contributed by atoms with E-state index in [4.69, 9.17) is 11.6 Å². The van der Waals surface area contributed by atoms with E-state index in [1.54, 1.807) is 18.2 Å². The topological polar surface area (TPSA) is 71.1 Å². The van der Waals surface area contributed by atoms with Crippen molar-refractivity contribution in [3.63, 3.8) is 0 Å². The summed E-state index contributed by atoms with van der Waals surface area (Å²) in [4.78, 5) is 28.6. The van der Waals surface area contributed by atoms with Crippen LogP contribution in [0.15, 0.2) is 36.5 Å². The van der Waals surface area contributed by atoms with E-state index in [0.717, 1.165) is 12.0 Å². The molecule has 0 radical (unpaired) electrons. The van der Waals surface area contributed by atoms with Gasteiger partial charge in [-0.3, -0.25) is 14.6 Å². The first-order chi connectivity index (χ1) is 11.4. The van der Waals surface area contributed by atoms with E-state index >= 15 is 0 Å². The number of nitrogens with one attached hydrogen (secondary N) is 2. The molecule has 0 aliphatic rings. The molecular formula is C18H20ClN3O2. The quantitative estimate of drug-likeness (QED) is 0.865. The van der Waals surface area contributed by atoms with Gasteiger partial charge in [-0.25, -0.2) is 0 Å². The normalized spacial score (nSPS) is 11.7. The fourth-order valence-corrected chi connectivity index (χ4v) is 2.19. The Kier molecular flexibility index (Phi) is 5.93. The van der Waals surface area contributed by atoms with Crippen LogP contribution in [0.25, 0.3) is 0 Å². The smallest absolute Gasteiger partial charge is 0.270 e. The first kappa shape index (κ1) is 17.9. The Labute approximate surface area is 146 Å². The molecule has 0 aliphatic heterocycles. The number of aromatic nitrogens is 1. The van der Waals surface area contributed by atoms with Gasteiger partial charge in [-0.1, -0.05) is 24.6 Å². The lowest BCUT2D eigenvalue weighted by Crippen LogP contribution is -2.32. The second-order valence-corrected chi connectivity index (χ2v) is 6.06. The maximum absolute atomic E-state index is 12.4. The minimum atomic E-state index is -0.319. The molecule has 0 bridgehead atoms. The van der Waals surface area contributed by atoms with Crippen LogP contribution in [0.5, 0.6) is 0 Å². The van der Waals surface area contributed by atoms with Crippen LogP contribution in [-0.4, -0.2) is 22.8 Å². The number of rotatable bonds is 5. The predicted molar refractivity (Wildman–Crippen MR) is 95.6 cm³/mol. The molecule has 6 heteroatoms. The van der Waals surface area contributed by atoms with E-state index in [1.807, 2.05) is 26.8 Å². The van der Waals surface area contributed by atoms with Crippen molar-refractivity contribution in [3.8, 4) is 0 Å². The largest absolute Gasteiger partial charge is 0.348 e. The molecule has 126 valence electrons. The lowest BCUT2D eigenvalue weighted by Gasteiger charge is -2.12. The van der Waals surface area contributed by atoms with Crippen LogP contribution >= 0.6 is 11.6 Å². The van der Waals surface area contributed by atoms with Crippen molar-refractivity contribution in [2.24, 2.45) is 0 Å². The van der Waals surface area contributed by atoms with Crippen molar-refractivity contribution in [3.05, 3.63) is 58.4 Å². The highest BCUT2D eigenvalue weighted by Gasteiger charge is 2.14. The summed E-state index contributed by atoms with van der Waals surface area (Å²) in [6.07, 6.45) is 2.27. The van der Waals surface area contributed by atoms with Gasteiger partial charge >= 0.3 is 0 Å². The zero-order valence-corrected chi connectivity index (χ0v) is 14.6. The van der Waals surface area contributed by atoms with Crippen molar-refractivity contribution in [1.82, 2.24) is 10.3 Å². The van der Waals surface area contributed by atoms with Gasteiger partial charge in [-0.05, 0) is 50.1 Å². The second kappa shape index (κ2) is 7.93. The monoisotopic (exact) mass is 345 g/mol. The molecule has 2 amide bonds. The summed E-state index contributed by atoms with van der Waals surface area (Å²) in [6, 6.07) is 8.37. The maximum atomic E-state index is 12.4. The molecule has 1 atom stereocenters. The molecule has 0 saturated heterocycles. The van der Waals surface area contributed by atoms with E-state index in [-0.39, 0.29) is 23.6 Å². The van der Waals surface area contributed by atoms with Gasteiger partial charge in [0.05, 0.1) is 0 Å². The van der Waals surface area contributed by atoms with Gasteiger partial charge in [0, 0.05) is 28.5 Å². The van der Waals surface area contributed by atoms with Crippen molar-refractivity contribution in [2.75, 3.05) is 5.32 Å². The number of amides is 2. The summed E-state index contributed by atoms with van der Waals surface area (Å²) >= 11 is 5.96. The van der Waals surface area contributed by atoms with Gasteiger partial charge in [0.15, 0.2) is 0 Å². The van der Waals surface area contributed by atoms with E-state index < -0.39 is 0 Å². The molecule has 1 unspecified atom stereocenters. The molecule has 24 heavy (non-hydrogen) atoms. The third-order valence-electron chi connectivity index (χ3n) is 3.69. The number of anilines is 1. The van der Waals surface area contributed by atoms with Crippen molar-refractivity contribution < 1.29 is 9.59 Å². The highest BCUT2D eigenvalue weighted by Crippen LogP contribution is 2.21. The van der Waals surface area contributed by atoms with Crippen LogP contribution in [-0.2, 0) is 0 Å². The van der Waals surface area contributed by atoms with Gasteiger partial charge in [-0.15, -0.1) is 0 Å². The summed E-state index contributed by atoms with van der Waals surface area (Å²) in [5.41, 5.74) is 2.11. The third-order valence-corrected chi connectivity index (χ3v) is 3.93. The van der Waals surface area contributed by atoms with Gasteiger partial charge in [0.25, 0.3) is 11.8 Å². The van der Waals surface area contributed by atoms with Gasteiger partial charge < -0.3 is 10.6 Å². The summed E-state index contributed by atoms with van der Waals surface area (Å²) in [5.74, 6) is -0.613. The minimum Gasteiger partial charge on any atom is -0.348 e. The van der Waals surface area contributed by atoms with Gasteiger partial charge in [0.2, 0.25) is 0 Å². The molecular weight excluding hydrogens is 326 g/mol. The molecule has 2 N–H and O–H groups in total. The number of carbonyl (C=O) groups is 2. The zero-order chi connectivity index (χ0) is 17.7. The molecule has 1 aromatic carbocycles. The van der Waals surface area contributed by atoms with E-state index in [2.05, 4.69) is 15.6 Å². The van der Waals surface area contributed by atoms with Crippen molar-refractivity contribution >= 4 is 29.1 Å². The minimum absolute atomic E-state index is 0.0471. The average molecular weight is 346 g/mol. The molecule has 0 spiro atoms. The van der Waals surface area contributed by atoms with Gasteiger partial charge in [0.1, 0.15) is 5.69 Å². The first-order valence-corrected chi connectivity index (χ1v) is 8.13. The number of pyridine rings is 1. The summed E-state index contributed by atoms with van der Waals surface area (Å²) < 4.78 is 0.